The molecule has 1 aromatic carbocycles. The molecule has 0 aromatic heterocycles. The van der Waals surface area contributed by atoms with E-state index in [-0.39, 0.29) is 11.8 Å². The Morgan fingerprint density at radius 3 is 2.42 bits per heavy atom. The number of ether oxygens (including phenoxy) is 1. The highest BCUT2D eigenvalue weighted by Crippen LogP contribution is 2.28. The minimum absolute atomic E-state index is 0.0705. The fraction of sp³-hybridized carbons (Fsp3) is 0.524. The summed E-state index contributed by atoms with van der Waals surface area (Å²) in [5, 5.41) is 5.83. The van der Waals surface area contributed by atoms with Gasteiger partial charge in [-0.15, -0.1) is 0 Å². The van der Waals surface area contributed by atoms with Crippen molar-refractivity contribution in [2.24, 2.45) is 0 Å². The van der Waals surface area contributed by atoms with Gasteiger partial charge in [0.15, 0.2) is 0 Å². The molecule has 1 aliphatic carbocycles. The van der Waals surface area contributed by atoms with Crippen LogP contribution in [0.4, 0.5) is 0 Å². The van der Waals surface area contributed by atoms with Gasteiger partial charge in [-0.25, -0.2) is 0 Å². The second kappa shape index (κ2) is 10.00. The highest BCUT2D eigenvalue weighted by Gasteiger charge is 2.40. The molecule has 2 N–H and O–H groups in total. The number of rotatable bonds is 8. The summed E-state index contributed by atoms with van der Waals surface area (Å²) in [6.45, 7) is 5.22. The van der Waals surface area contributed by atoms with E-state index in [2.05, 4.69) is 17.6 Å². The fourth-order valence-electron chi connectivity index (χ4n) is 3.24. The second-order valence-electron chi connectivity index (χ2n) is 6.74. The highest BCUT2D eigenvalue weighted by molar-refractivity contribution is 5.97. The molecule has 142 valence electrons. The maximum absolute atomic E-state index is 12.5. The van der Waals surface area contributed by atoms with Crippen molar-refractivity contribution in [3.63, 3.8) is 0 Å². The van der Waals surface area contributed by atoms with Crippen LogP contribution in [0.2, 0.25) is 0 Å². The van der Waals surface area contributed by atoms with Gasteiger partial charge < -0.3 is 15.4 Å². The van der Waals surface area contributed by atoms with Gasteiger partial charge in [-0.1, -0.05) is 38.3 Å². The third kappa shape index (κ3) is 5.61. The van der Waals surface area contributed by atoms with E-state index in [0.29, 0.717) is 26.0 Å². The molecule has 1 aromatic rings. The van der Waals surface area contributed by atoms with E-state index >= 15 is 0 Å². The topological polar surface area (TPSA) is 67.4 Å². The van der Waals surface area contributed by atoms with Crippen molar-refractivity contribution >= 4 is 17.9 Å². The molecule has 1 fully saturated rings. The van der Waals surface area contributed by atoms with Gasteiger partial charge in [0.25, 0.3) is 0 Å². The summed E-state index contributed by atoms with van der Waals surface area (Å²) >= 11 is 0. The molecule has 0 atom stereocenters. The van der Waals surface area contributed by atoms with Gasteiger partial charge in [-0.05, 0) is 50.0 Å². The maximum Gasteiger partial charge on any atom is 0.245 e. The van der Waals surface area contributed by atoms with Crippen LogP contribution in [0.1, 0.15) is 57.9 Å². The van der Waals surface area contributed by atoms with Gasteiger partial charge in [0.2, 0.25) is 11.8 Å². The molecular formula is C21H30N2O3. The van der Waals surface area contributed by atoms with Crippen LogP contribution in [0.3, 0.4) is 0 Å². The molecule has 1 saturated carbocycles. The van der Waals surface area contributed by atoms with Crippen molar-refractivity contribution < 1.29 is 14.3 Å². The summed E-state index contributed by atoms with van der Waals surface area (Å²) in [6, 6.07) is 7.61. The Balaban J connectivity index is 1.98. The Labute approximate surface area is 156 Å². The summed E-state index contributed by atoms with van der Waals surface area (Å²) in [4.78, 5) is 24.9. The summed E-state index contributed by atoms with van der Waals surface area (Å²) in [5.41, 5.74) is 0.146. The molecule has 0 aliphatic heterocycles. The Kier molecular flexibility index (Phi) is 7.70. The van der Waals surface area contributed by atoms with Crippen molar-refractivity contribution in [2.75, 3.05) is 13.2 Å². The first-order valence-electron chi connectivity index (χ1n) is 9.61. The molecule has 5 nitrogen and oxygen atoms in total. The zero-order chi connectivity index (χ0) is 18.8. The smallest absolute Gasteiger partial charge is 0.245 e. The fourth-order valence-corrected chi connectivity index (χ4v) is 3.24. The van der Waals surface area contributed by atoms with Gasteiger partial charge in [-0.3, -0.25) is 9.59 Å². The Morgan fingerprint density at radius 2 is 1.81 bits per heavy atom. The summed E-state index contributed by atoms with van der Waals surface area (Å²) in [6.07, 6.45) is 8.64. The molecule has 0 saturated heterocycles. The summed E-state index contributed by atoms with van der Waals surface area (Å²) in [7, 11) is 0. The first-order valence-corrected chi connectivity index (χ1v) is 9.61. The van der Waals surface area contributed by atoms with Crippen LogP contribution in [0.25, 0.3) is 6.08 Å². The van der Waals surface area contributed by atoms with Crippen molar-refractivity contribution in [3.8, 4) is 5.75 Å². The lowest BCUT2D eigenvalue weighted by Crippen LogP contribution is -2.59. The van der Waals surface area contributed by atoms with Crippen molar-refractivity contribution in [1.82, 2.24) is 10.6 Å². The average Bonchev–Trinajstić information content (AvgIpc) is 2.66. The van der Waals surface area contributed by atoms with Crippen LogP contribution in [0.5, 0.6) is 5.75 Å². The lowest BCUT2D eigenvalue weighted by Gasteiger charge is -2.36. The van der Waals surface area contributed by atoms with Crippen LogP contribution in [-0.4, -0.2) is 30.5 Å². The van der Waals surface area contributed by atoms with Gasteiger partial charge in [0.05, 0.1) is 6.61 Å². The van der Waals surface area contributed by atoms with Crippen molar-refractivity contribution in [1.29, 1.82) is 0 Å². The minimum atomic E-state index is -0.770. The predicted molar refractivity (Wildman–Crippen MR) is 104 cm³/mol. The van der Waals surface area contributed by atoms with Gasteiger partial charge in [0, 0.05) is 12.6 Å². The molecule has 0 bridgehead atoms. The number of benzene rings is 1. The molecule has 2 amide bonds. The first kappa shape index (κ1) is 20.0. The maximum atomic E-state index is 12.5. The number of likely N-dealkylation sites (N-methyl/N-ethyl adjacent to an activating group) is 1. The summed E-state index contributed by atoms with van der Waals surface area (Å²) in [5.74, 6) is 0.522. The molecule has 2 rings (SSSR count). The van der Waals surface area contributed by atoms with Crippen LogP contribution < -0.4 is 15.4 Å². The molecule has 0 spiro atoms. The van der Waals surface area contributed by atoms with E-state index in [4.69, 9.17) is 4.74 Å². The van der Waals surface area contributed by atoms with Crippen LogP contribution in [0.15, 0.2) is 30.3 Å². The van der Waals surface area contributed by atoms with Crippen molar-refractivity contribution in [2.45, 2.75) is 57.9 Å². The summed E-state index contributed by atoms with van der Waals surface area (Å²) < 4.78 is 5.55. The standard InChI is InChI=1S/C21H30N2O3/c1-3-16-26-18-11-8-17(9-12-18)10-13-19(24)23-21(20(25)22-4-2)14-6-5-7-15-21/h8-13H,3-7,14-16H2,1-2H3,(H,22,25)(H,23,24)/b13-10+. The van der Waals surface area contributed by atoms with E-state index in [0.717, 1.165) is 37.0 Å². The number of hydrogen-bond acceptors (Lipinski definition) is 3. The molecule has 5 heteroatoms. The van der Waals surface area contributed by atoms with E-state index in [9.17, 15) is 9.59 Å². The van der Waals surface area contributed by atoms with Gasteiger partial charge in [-0.2, -0.15) is 0 Å². The SMILES string of the molecule is CCCOc1ccc(/C=C/C(=O)NC2(C(=O)NCC)CCCCC2)cc1. The van der Waals surface area contributed by atoms with Gasteiger partial charge in [0.1, 0.15) is 11.3 Å². The number of hydrogen-bond donors (Lipinski definition) is 2. The van der Waals surface area contributed by atoms with E-state index in [1.54, 1.807) is 6.08 Å². The average molecular weight is 358 g/mol. The zero-order valence-electron chi connectivity index (χ0n) is 15.8. The Morgan fingerprint density at radius 1 is 1.12 bits per heavy atom. The Hall–Kier alpha value is -2.30. The largest absolute Gasteiger partial charge is 0.494 e. The minimum Gasteiger partial charge on any atom is -0.494 e. The van der Waals surface area contributed by atoms with Gasteiger partial charge >= 0.3 is 0 Å². The number of carbonyl (C=O) groups is 2. The van der Waals surface area contributed by atoms with E-state index in [1.807, 2.05) is 31.2 Å². The monoisotopic (exact) mass is 358 g/mol. The molecule has 26 heavy (non-hydrogen) atoms. The third-order valence-corrected chi connectivity index (χ3v) is 4.62. The van der Waals surface area contributed by atoms with Crippen LogP contribution in [-0.2, 0) is 9.59 Å². The second-order valence-corrected chi connectivity index (χ2v) is 6.74. The first-order chi connectivity index (χ1) is 12.6. The molecule has 0 heterocycles. The number of nitrogens with one attached hydrogen (secondary N) is 2. The predicted octanol–water partition coefficient (Wildman–Crippen LogP) is 3.44. The molecular weight excluding hydrogens is 328 g/mol. The Bertz CT molecular complexity index is 617. The lowest BCUT2D eigenvalue weighted by molar-refractivity contribution is -0.133. The van der Waals surface area contributed by atoms with E-state index < -0.39 is 5.54 Å². The number of carbonyl (C=O) groups excluding carboxylic acids is 2. The quantitative estimate of drug-likeness (QED) is 0.700. The van der Waals surface area contributed by atoms with E-state index in [1.165, 1.54) is 6.08 Å². The molecule has 0 unspecified atom stereocenters. The molecule has 0 radical (unpaired) electrons. The highest BCUT2D eigenvalue weighted by atomic mass is 16.5. The normalized spacial score (nSPS) is 16.2. The van der Waals surface area contributed by atoms with Crippen molar-refractivity contribution in [3.05, 3.63) is 35.9 Å². The molecule has 1 aliphatic rings. The van der Waals surface area contributed by atoms with Crippen LogP contribution in [0, 0.1) is 0 Å². The van der Waals surface area contributed by atoms with Crippen LogP contribution >= 0.6 is 0 Å². The number of amides is 2. The lowest BCUT2D eigenvalue weighted by atomic mass is 9.80. The zero-order valence-corrected chi connectivity index (χ0v) is 15.8. The third-order valence-electron chi connectivity index (χ3n) is 4.62.